The van der Waals surface area contributed by atoms with Gasteiger partial charge in [0.25, 0.3) is 0 Å². The maximum Gasteiger partial charge on any atom is 0.210 e. The average Bonchev–Trinajstić information content (AvgIpc) is 2.31. The van der Waals surface area contributed by atoms with E-state index in [2.05, 4.69) is 31.7 Å². The number of anilines is 1. The van der Waals surface area contributed by atoms with Crippen LogP contribution in [0.2, 0.25) is 0 Å². The summed E-state index contributed by atoms with van der Waals surface area (Å²) in [6.45, 7) is 2.58. The topological polar surface area (TPSA) is 71.7 Å². The van der Waals surface area contributed by atoms with Crippen LogP contribution in [0.15, 0.2) is 27.7 Å². The maximum absolute atomic E-state index is 5.34. The van der Waals surface area contributed by atoms with E-state index in [-0.39, 0.29) is 0 Å². The second-order valence-electron chi connectivity index (χ2n) is 2.94. The van der Waals surface area contributed by atoms with Crippen LogP contribution in [0.5, 0.6) is 5.75 Å². The summed E-state index contributed by atoms with van der Waals surface area (Å²) in [7, 11) is 1.62. The summed E-state index contributed by atoms with van der Waals surface area (Å²) in [5.41, 5.74) is 3.33. The van der Waals surface area contributed by atoms with E-state index in [1.807, 2.05) is 25.1 Å². The molecule has 0 saturated heterocycles. The van der Waals surface area contributed by atoms with Crippen molar-refractivity contribution < 1.29 is 4.74 Å². The second-order valence-corrected chi connectivity index (χ2v) is 3.79. The number of nitrogens with one attached hydrogen (secondary N) is 2. The Labute approximate surface area is 103 Å². The molecule has 0 aromatic heterocycles. The minimum absolute atomic E-state index is 0.511. The lowest BCUT2D eigenvalue weighted by Gasteiger charge is -2.11. The zero-order valence-corrected chi connectivity index (χ0v) is 10.8. The van der Waals surface area contributed by atoms with Crippen LogP contribution in [0.4, 0.5) is 5.69 Å². The molecule has 5 nitrogen and oxygen atoms in total. The minimum Gasteiger partial charge on any atom is -0.497 e. The molecule has 1 aromatic carbocycles. The molecule has 0 spiro atoms. The van der Waals surface area contributed by atoms with Crippen LogP contribution < -0.4 is 21.3 Å². The van der Waals surface area contributed by atoms with Gasteiger partial charge in [-0.1, -0.05) is 0 Å². The van der Waals surface area contributed by atoms with E-state index in [1.54, 1.807) is 7.11 Å². The molecule has 6 heteroatoms. The number of nitrogens with two attached hydrogens (primary N) is 1. The summed E-state index contributed by atoms with van der Waals surface area (Å²) in [6.07, 6.45) is 0. The van der Waals surface area contributed by atoms with E-state index in [0.717, 1.165) is 15.9 Å². The van der Waals surface area contributed by atoms with E-state index in [4.69, 9.17) is 10.6 Å². The molecule has 0 heterocycles. The molecule has 0 amide bonds. The Morgan fingerprint density at radius 2 is 2.31 bits per heavy atom. The zero-order valence-electron chi connectivity index (χ0n) is 9.25. The van der Waals surface area contributed by atoms with Gasteiger partial charge in [0, 0.05) is 17.1 Å². The van der Waals surface area contributed by atoms with Crippen molar-refractivity contribution in [3.63, 3.8) is 0 Å². The molecule has 0 bridgehead atoms. The van der Waals surface area contributed by atoms with E-state index in [1.165, 1.54) is 0 Å². The average molecular weight is 287 g/mol. The van der Waals surface area contributed by atoms with Crippen molar-refractivity contribution in [1.82, 2.24) is 5.43 Å². The number of halogens is 1. The molecular weight excluding hydrogens is 272 g/mol. The molecule has 1 rings (SSSR count). The Morgan fingerprint density at radius 3 is 2.88 bits per heavy atom. The zero-order chi connectivity index (χ0) is 12.0. The van der Waals surface area contributed by atoms with Gasteiger partial charge in [-0.15, -0.1) is 0 Å². The quantitative estimate of drug-likeness (QED) is 0.342. The third kappa shape index (κ3) is 3.39. The van der Waals surface area contributed by atoms with Crippen LogP contribution in [0, 0.1) is 0 Å². The third-order valence-corrected chi connectivity index (χ3v) is 2.57. The molecule has 88 valence electrons. The van der Waals surface area contributed by atoms with E-state index in [0.29, 0.717) is 12.5 Å². The predicted octanol–water partition coefficient (Wildman–Crippen LogP) is 1.71. The highest BCUT2D eigenvalue weighted by Crippen LogP contribution is 2.26. The Balaban J connectivity index is 2.90. The van der Waals surface area contributed by atoms with Crippen LogP contribution >= 0.6 is 15.9 Å². The van der Waals surface area contributed by atoms with Gasteiger partial charge in [0.05, 0.1) is 12.8 Å². The number of rotatable bonds is 3. The number of benzene rings is 1. The molecule has 0 radical (unpaired) electrons. The first kappa shape index (κ1) is 12.8. The molecule has 0 aliphatic heterocycles. The number of methoxy groups -OCH3 is 1. The minimum atomic E-state index is 0.511. The van der Waals surface area contributed by atoms with Crippen molar-refractivity contribution in [3.05, 3.63) is 22.7 Å². The van der Waals surface area contributed by atoms with Crippen LogP contribution in [0.25, 0.3) is 0 Å². The van der Waals surface area contributed by atoms with Crippen molar-refractivity contribution in [2.24, 2.45) is 10.8 Å². The largest absolute Gasteiger partial charge is 0.497 e. The first-order valence-electron chi connectivity index (χ1n) is 4.83. The number of aliphatic imine (C=N–C) groups is 1. The molecule has 0 atom stereocenters. The highest BCUT2D eigenvalue weighted by atomic mass is 79.9. The number of guanidine groups is 1. The van der Waals surface area contributed by atoms with E-state index < -0.39 is 0 Å². The summed E-state index contributed by atoms with van der Waals surface area (Å²) in [4.78, 5) is 4.14. The number of hydrazine groups is 1. The van der Waals surface area contributed by atoms with Gasteiger partial charge >= 0.3 is 0 Å². The van der Waals surface area contributed by atoms with Crippen molar-refractivity contribution in [2.75, 3.05) is 19.0 Å². The molecule has 16 heavy (non-hydrogen) atoms. The van der Waals surface area contributed by atoms with Gasteiger partial charge < -0.3 is 10.1 Å². The van der Waals surface area contributed by atoms with Crippen LogP contribution in [0.3, 0.4) is 0 Å². The smallest absolute Gasteiger partial charge is 0.210 e. The number of hydrogen-bond donors (Lipinski definition) is 3. The Morgan fingerprint density at radius 1 is 1.56 bits per heavy atom. The lowest BCUT2D eigenvalue weighted by molar-refractivity contribution is 0.415. The Hall–Kier alpha value is -1.27. The van der Waals surface area contributed by atoms with E-state index in [9.17, 15) is 0 Å². The Kier molecular flexibility index (Phi) is 5.07. The highest BCUT2D eigenvalue weighted by Gasteiger charge is 2.04. The normalized spacial score (nSPS) is 11.1. The number of ether oxygens (including phenoxy) is 1. The fourth-order valence-corrected chi connectivity index (χ4v) is 1.48. The molecule has 0 fully saturated rings. The summed E-state index contributed by atoms with van der Waals surface area (Å²) < 4.78 is 6.04. The highest BCUT2D eigenvalue weighted by molar-refractivity contribution is 9.10. The van der Waals surface area contributed by atoms with Crippen LogP contribution in [-0.4, -0.2) is 19.6 Å². The van der Waals surface area contributed by atoms with Gasteiger partial charge in [-0.05, 0) is 35.0 Å². The number of nitrogens with zero attached hydrogens (tertiary/aromatic N) is 1. The van der Waals surface area contributed by atoms with Crippen LogP contribution in [-0.2, 0) is 0 Å². The fraction of sp³-hybridized carbons (Fsp3) is 0.300. The monoisotopic (exact) mass is 286 g/mol. The SMILES string of the molecule is CCN=C(NN)Nc1cc(OC)ccc1Br. The van der Waals surface area contributed by atoms with Crippen molar-refractivity contribution in [2.45, 2.75) is 6.92 Å². The van der Waals surface area contributed by atoms with Crippen molar-refractivity contribution in [3.8, 4) is 5.75 Å². The van der Waals surface area contributed by atoms with Crippen molar-refractivity contribution >= 4 is 27.6 Å². The summed E-state index contributed by atoms with van der Waals surface area (Å²) in [6, 6.07) is 5.61. The summed E-state index contributed by atoms with van der Waals surface area (Å²) >= 11 is 3.43. The first-order valence-corrected chi connectivity index (χ1v) is 5.62. The maximum atomic E-state index is 5.34. The Bertz CT molecular complexity index is 381. The molecule has 0 aliphatic carbocycles. The fourth-order valence-electron chi connectivity index (χ4n) is 1.13. The standard InChI is InChI=1S/C10H15BrN4O/c1-3-13-10(15-12)14-9-6-7(16-2)4-5-8(9)11/h4-6H,3,12H2,1-2H3,(H2,13,14,15). The summed E-state index contributed by atoms with van der Waals surface area (Å²) in [5, 5.41) is 3.06. The molecule has 0 unspecified atom stereocenters. The molecular formula is C10H15BrN4O. The first-order chi connectivity index (χ1) is 7.71. The molecule has 0 aliphatic rings. The van der Waals surface area contributed by atoms with Gasteiger partial charge in [0.2, 0.25) is 5.96 Å². The lowest BCUT2D eigenvalue weighted by atomic mass is 10.3. The third-order valence-electron chi connectivity index (χ3n) is 1.88. The van der Waals surface area contributed by atoms with Crippen molar-refractivity contribution in [1.29, 1.82) is 0 Å². The van der Waals surface area contributed by atoms with Gasteiger partial charge in [-0.2, -0.15) is 0 Å². The van der Waals surface area contributed by atoms with Gasteiger partial charge in [-0.3, -0.25) is 10.4 Å². The molecule has 4 N–H and O–H groups in total. The number of hydrogen-bond acceptors (Lipinski definition) is 3. The second kappa shape index (κ2) is 6.34. The summed E-state index contributed by atoms with van der Waals surface area (Å²) in [5.74, 6) is 6.61. The van der Waals surface area contributed by atoms with Crippen LogP contribution in [0.1, 0.15) is 6.92 Å². The lowest BCUT2D eigenvalue weighted by Crippen LogP contribution is -2.36. The van der Waals surface area contributed by atoms with Gasteiger partial charge in [-0.25, -0.2) is 5.84 Å². The predicted molar refractivity (Wildman–Crippen MR) is 69.6 cm³/mol. The van der Waals surface area contributed by atoms with E-state index >= 15 is 0 Å². The van der Waals surface area contributed by atoms with Gasteiger partial charge in [0.1, 0.15) is 5.75 Å². The molecule has 1 aromatic rings. The molecule has 0 saturated carbocycles. The van der Waals surface area contributed by atoms with Gasteiger partial charge in [0.15, 0.2) is 0 Å².